The van der Waals surface area contributed by atoms with Crippen LogP contribution in [0.5, 0.6) is 0 Å². The van der Waals surface area contributed by atoms with Crippen LogP contribution >= 0.6 is 0 Å². The van der Waals surface area contributed by atoms with Gasteiger partial charge >= 0.3 is 0 Å². The van der Waals surface area contributed by atoms with Crippen LogP contribution in [0.25, 0.3) is 5.69 Å². The molecule has 80 valence electrons. The van der Waals surface area contributed by atoms with Crippen molar-refractivity contribution in [3.63, 3.8) is 0 Å². The summed E-state index contributed by atoms with van der Waals surface area (Å²) in [6.07, 6.45) is 4.58. The van der Waals surface area contributed by atoms with Crippen molar-refractivity contribution in [2.75, 3.05) is 0 Å². The van der Waals surface area contributed by atoms with Crippen LogP contribution in [-0.4, -0.2) is 15.0 Å². The molecule has 0 aliphatic heterocycles. The second-order valence-corrected chi connectivity index (χ2v) is 2.87. The molecule has 0 unspecified atom stereocenters. The largest absolute Gasteiger partial charge is 0.221 e. The van der Waals surface area contributed by atoms with Crippen molar-refractivity contribution < 1.29 is 0 Å². The zero-order valence-corrected chi connectivity index (χ0v) is 9.51. The van der Waals surface area contributed by atoms with Crippen molar-refractivity contribution in [1.29, 1.82) is 0 Å². The summed E-state index contributed by atoms with van der Waals surface area (Å²) in [7, 11) is 0. The molecule has 0 bridgehead atoms. The summed E-state index contributed by atoms with van der Waals surface area (Å²) in [5.41, 5.74) is 2.39. The van der Waals surface area contributed by atoms with Crippen LogP contribution in [0.15, 0.2) is 36.7 Å². The fraction of sp³-hybridized carbons (Fsp3) is 0.333. The van der Waals surface area contributed by atoms with E-state index in [0.717, 1.165) is 12.1 Å². The van der Waals surface area contributed by atoms with Crippen molar-refractivity contribution in [2.45, 2.75) is 27.2 Å². The third-order valence-electron chi connectivity index (χ3n) is 2.03. The van der Waals surface area contributed by atoms with Gasteiger partial charge in [-0.05, 0) is 24.1 Å². The molecule has 0 saturated carbocycles. The Morgan fingerprint density at radius 3 is 2.27 bits per heavy atom. The molecule has 1 aromatic carbocycles. The maximum atomic E-state index is 3.91. The number of benzene rings is 1. The number of hydrogen-bond acceptors (Lipinski definition) is 2. The van der Waals surface area contributed by atoms with Gasteiger partial charge in [0.25, 0.3) is 0 Å². The van der Waals surface area contributed by atoms with Crippen LogP contribution in [0.3, 0.4) is 0 Å². The topological polar surface area (TPSA) is 30.7 Å². The molecule has 0 aliphatic carbocycles. The first-order chi connectivity index (χ1) is 7.40. The third-order valence-corrected chi connectivity index (χ3v) is 2.03. The van der Waals surface area contributed by atoms with E-state index in [1.165, 1.54) is 5.56 Å². The Labute approximate surface area is 90.7 Å². The molecule has 0 amide bonds. The fourth-order valence-electron chi connectivity index (χ4n) is 1.23. The molecule has 15 heavy (non-hydrogen) atoms. The molecule has 2 aromatic rings. The van der Waals surface area contributed by atoms with Gasteiger partial charge in [0.15, 0.2) is 0 Å². The second-order valence-electron chi connectivity index (χ2n) is 2.87. The molecule has 0 radical (unpaired) electrons. The zero-order valence-electron chi connectivity index (χ0n) is 9.51. The minimum Gasteiger partial charge on any atom is -0.221 e. The van der Waals surface area contributed by atoms with Gasteiger partial charge in [0.2, 0.25) is 0 Å². The number of hydrogen-bond donors (Lipinski definition) is 0. The van der Waals surface area contributed by atoms with Crippen molar-refractivity contribution in [1.82, 2.24) is 15.0 Å². The van der Waals surface area contributed by atoms with Crippen LogP contribution in [-0.2, 0) is 6.42 Å². The Kier molecular flexibility index (Phi) is 4.54. The first kappa shape index (κ1) is 11.4. The van der Waals surface area contributed by atoms with Gasteiger partial charge in [0.1, 0.15) is 0 Å². The molecular formula is C12H17N3. The van der Waals surface area contributed by atoms with E-state index in [4.69, 9.17) is 0 Å². The minimum absolute atomic E-state index is 1.05. The van der Waals surface area contributed by atoms with E-state index in [1.807, 2.05) is 32.2 Å². The van der Waals surface area contributed by atoms with Crippen LogP contribution in [0.1, 0.15) is 26.3 Å². The Morgan fingerprint density at radius 2 is 1.80 bits per heavy atom. The van der Waals surface area contributed by atoms with E-state index in [0.29, 0.717) is 0 Å². The normalized spacial score (nSPS) is 9.27. The summed E-state index contributed by atoms with van der Waals surface area (Å²) >= 11 is 0. The van der Waals surface area contributed by atoms with Crippen LogP contribution < -0.4 is 0 Å². The summed E-state index contributed by atoms with van der Waals surface area (Å²) in [4.78, 5) is 0. The molecule has 2 rings (SSSR count). The second kappa shape index (κ2) is 5.96. The lowest BCUT2D eigenvalue weighted by Crippen LogP contribution is -1.94. The molecule has 1 aromatic heterocycles. The summed E-state index contributed by atoms with van der Waals surface area (Å²) in [5, 5.41) is 7.66. The third kappa shape index (κ3) is 2.91. The fourth-order valence-corrected chi connectivity index (χ4v) is 1.23. The van der Waals surface area contributed by atoms with Crippen molar-refractivity contribution in [3.8, 4) is 5.69 Å². The number of aryl methyl sites for hydroxylation is 1. The average Bonchev–Trinajstić information content (AvgIpc) is 2.85. The molecule has 0 atom stereocenters. The van der Waals surface area contributed by atoms with E-state index in [1.54, 1.807) is 10.9 Å². The van der Waals surface area contributed by atoms with Crippen LogP contribution in [0.2, 0.25) is 0 Å². The highest BCUT2D eigenvalue weighted by atomic mass is 15.4. The lowest BCUT2D eigenvalue weighted by Gasteiger charge is -2.00. The summed E-state index contributed by atoms with van der Waals surface area (Å²) in [5.74, 6) is 0. The van der Waals surface area contributed by atoms with E-state index < -0.39 is 0 Å². The molecule has 0 N–H and O–H groups in total. The Bertz CT molecular complexity index is 362. The molecule has 1 heterocycles. The molecule has 0 fully saturated rings. The first-order valence-electron chi connectivity index (χ1n) is 5.36. The maximum absolute atomic E-state index is 3.91. The average molecular weight is 203 g/mol. The number of aromatic nitrogens is 3. The van der Waals surface area contributed by atoms with Crippen molar-refractivity contribution in [3.05, 3.63) is 42.2 Å². The van der Waals surface area contributed by atoms with Gasteiger partial charge < -0.3 is 0 Å². The van der Waals surface area contributed by atoms with E-state index in [9.17, 15) is 0 Å². The predicted molar refractivity (Wildman–Crippen MR) is 62.1 cm³/mol. The van der Waals surface area contributed by atoms with Gasteiger partial charge in [-0.2, -0.15) is 0 Å². The highest BCUT2D eigenvalue weighted by molar-refractivity contribution is 5.33. The summed E-state index contributed by atoms with van der Waals surface area (Å²) in [6.45, 7) is 6.14. The highest BCUT2D eigenvalue weighted by Crippen LogP contribution is 2.07. The molecule has 0 spiro atoms. The van der Waals surface area contributed by atoms with E-state index in [-0.39, 0.29) is 0 Å². The lowest BCUT2D eigenvalue weighted by molar-refractivity contribution is 0.802. The quantitative estimate of drug-likeness (QED) is 0.751. The smallest absolute Gasteiger partial charge is 0.0697 e. The molecular weight excluding hydrogens is 186 g/mol. The Balaban J connectivity index is 0.000000531. The zero-order chi connectivity index (χ0) is 11.1. The molecule has 0 aliphatic rings. The molecule has 0 saturated heterocycles. The Hall–Kier alpha value is -1.64. The van der Waals surface area contributed by atoms with Crippen molar-refractivity contribution >= 4 is 0 Å². The minimum atomic E-state index is 1.05. The Morgan fingerprint density at radius 1 is 1.13 bits per heavy atom. The maximum Gasteiger partial charge on any atom is 0.0697 e. The molecule has 3 heteroatoms. The first-order valence-corrected chi connectivity index (χ1v) is 5.36. The van der Waals surface area contributed by atoms with Gasteiger partial charge in [-0.3, -0.25) is 0 Å². The van der Waals surface area contributed by atoms with Crippen LogP contribution in [0, 0.1) is 0 Å². The predicted octanol–water partition coefficient (Wildman–Crippen LogP) is 2.86. The molecule has 3 nitrogen and oxygen atoms in total. The standard InChI is InChI=1S/C10H11N3.C2H6/c1-2-9-3-5-10(6-4-9)13-8-7-11-12-13;1-2/h3-8H,2H2,1H3;1-2H3. The van der Waals surface area contributed by atoms with Gasteiger partial charge in [0, 0.05) is 0 Å². The lowest BCUT2D eigenvalue weighted by atomic mass is 10.1. The number of nitrogens with zero attached hydrogens (tertiary/aromatic N) is 3. The van der Waals surface area contributed by atoms with Crippen molar-refractivity contribution in [2.24, 2.45) is 0 Å². The SMILES string of the molecule is CC.CCc1ccc(-n2ccnn2)cc1. The number of rotatable bonds is 2. The van der Waals surface area contributed by atoms with Gasteiger partial charge in [-0.15, -0.1) is 5.10 Å². The van der Waals surface area contributed by atoms with Crippen LogP contribution in [0.4, 0.5) is 0 Å². The monoisotopic (exact) mass is 203 g/mol. The highest BCUT2D eigenvalue weighted by Gasteiger charge is 1.95. The van der Waals surface area contributed by atoms with Gasteiger partial charge in [0.05, 0.1) is 18.1 Å². The van der Waals surface area contributed by atoms with E-state index in [2.05, 4.69) is 29.4 Å². The van der Waals surface area contributed by atoms with E-state index >= 15 is 0 Å². The van der Waals surface area contributed by atoms with Gasteiger partial charge in [-0.25, -0.2) is 4.68 Å². The van der Waals surface area contributed by atoms with Gasteiger partial charge in [-0.1, -0.05) is 38.1 Å². The summed E-state index contributed by atoms with van der Waals surface area (Å²) in [6, 6.07) is 8.31. The summed E-state index contributed by atoms with van der Waals surface area (Å²) < 4.78 is 1.75.